The van der Waals surface area contributed by atoms with Gasteiger partial charge in [-0.2, -0.15) is 0 Å². The van der Waals surface area contributed by atoms with Crippen molar-refractivity contribution < 1.29 is 48.3 Å². The van der Waals surface area contributed by atoms with E-state index in [0.29, 0.717) is 17.5 Å². The predicted octanol–water partition coefficient (Wildman–Crippen LogP) is 9.05. The van der Waals surface area contributed by atoms with E-state index in [1.807, 2.05) is 12.1 Å². The number of carboxylic acids is 1. The van der Waals surface area contributed by atoms with Crippen LogP contribution in [0, 0.1) is 18.1 Å². The fraction of sp³-hybridized carbons (Fsp3) is 0.571. The third-order valence-corrected chi connectivity index (χ3v) is 5.64. The molecule has 2 N–H and O–H groups in total. The second kappa shape index (κ2) is 36.8. The number of aldehydes is 2. The third-order valence-electron chi connectivity index (χ3n) is 5.64. The average Bonchev–Trinajstić information content (AvgIpc) is 2.99. The molecule has 2 rings (SSSR count). The van der Waals surface area contributed by atoms with Crippen LogP contribution in [-0.2, 0) is 28.5 Å². The number of aliphatic carboxylic acids is 1. The maximum atomic E-state index is 10.3. The van der Waals surface area contributed by atoms with E-state index in [1.54, 1.807) is 50.2 Å². The SMILES string of the molecule is CC(C)CCCCCCCCCCCCCCC(=O)O.CC(C)O.O=Cc1[c-]cccc1.O=Cc1[c-]cccc1.[O]=[Ti+2]. The van der Waals surface area contributed by atoms with E-state index in [-0.39, 0.29) is 6.10 Å². The van der Waals surface area contributed by atoms with Gasteiger partial charge in [-0.25, -0.2) is 0 Å². The summed E-state index contributed by atoms with van der Waals surface area (Å²) in [6, 6.07) is 19.6. The minimum absolute atomic E-state index is 0.167. The van der Waals surface area contributed by atoms with Crippen molar-refractivity contribution in [3.8, 4) is 0 Å². The molecule has 0 bridgehead atoms. The minimum atomic E-state index is -0.654. The monoisotopic (exact) mass is 618 g/mol. The van der Waals surface area contributed by atoms with Crippen LogP contribution >= 0.6 is 0 Å². The molecule has 0 heterocycles. The molecule has 0 radical (unpaired) electrons. The van der Waals surface area contributed by atoms with Crippen molar-refractivity contribution in [2.24, 2.45) is 5.92 Å². The molecule has 0 saturated carbocycles. The molecule has 0 amide bonds. The summed E-state index contributed by atoms with van der Waals surface area (Å²) in [6.07, 6.45) is 18.7. The number of benzene rings is 2. The van der Waals surface area contributed by atoms with E-state index >= 15 is 0 Å². The first-order valence-corrected chi connectivity index (χ1v) is 15.8. The molecule has 7 heteroatoms. The van der Waals surface area contributed by atoms with Crippen molar-refractivity contribution in [3.05, 3.63) is 71.8 Å². The number of unbranched alkanes of at least 4 members (excludes halogenated alkanes) is 11. The second-order valence-electron chi connectivity index (χ2n) is 10.5. The summed E-state index contributed by atoms with van der Waals surface area (Å²) in [4.78, 5) is 30.3. The van der Waals surface area contributed by atoms with Crippen molar-refractivity contribution in [2.45, 2.75) is 124 Å². The fourth-order valence-electron chi connectivity index (χ4n) is 3.56. The van der Waals surface area contributed by atoms with E-state index in [2.05, 4.69) is 26.0 Å². The van der Waals surface area contributed by atoms with E-state index < -0.39 is 5.97 Å². The van der Waals surface area contributed by atoms with Crippen LogP contribution in [0.1, 0.15) is 138 Å². The van der Waals surface area contributed by atoms with Gasteiger partial charge in [0.15, 0.2) is 0 Å². The van der Waals surface area contributed by atoms with Crippen LogP contribution in [0.3, 0.4) is 0 Å². The van der Waals surface area contributed by atoms with Crippen LogP contribution in [0.2, 0.25) is 0 Å². The van der Waals surface area contributed by atoms with Crippen LogP contribution in [-0.4, -0.2) is 34.9 Å². The normalized spacial score (nSPS) is 9.55. The Kier molecular flexibility index (Phi) is 38.6. The van der Waals surface area contributed by atoms with Crippen molar-refractivity contribution >= 4 is 18.5 Å². The Balaban J connectivity index is -0.000000561. The molecule has 234 valence electrons. The van der Waals surface area contributed by atoms with Gasteiger partial charge in [-0.05, 0) is 26.2 Å². The number of carbonyl (C=O) groups excluding carboxylic acids is 2. The molecule has 0 saturated heterocycles. The fourth-order valence-corrected chi connectivity index (χ4v) is 3.56. The summed E-state index contributed by atoms with van der Waals surface area (Å²) in [7, 11) is 0. The van der Waals surface area contributed by atoms with Crippen LogP contribution in [0.15, 0.2) is 48.5 Å². The van der Waals surface area contributed by atoms with Gasteiger partial charge in [-0.3, -0.25) is 4.79 Å². The molecule has 0 aliphatic heterocycles. The summed E-state index contributed by atoms with van der Waals surface area (Å²) in [5.41, 5.74) is 1.21. The molecule has 0 aromatic heterocycles. The van der Waals surface area contributed by atoms with Gasteiger partial charge in [0.1, 0.15) is 0 Å². The molecule has 0 unspecified atom stereocenters. The second-order valence-corrected chi connectivity index (χ2v) is 10.5. The summed E-state index contributed by atoms with van der Waals surface area (Å²) in [6.45, 7) is 8.06. The Morgan fingerprint density at radius 2 is 1.02 bits per heavy atom. The van der Waals surface area contributed by atoms with Crippen molar-refractivity contribution in [1.82, 2.24) is 0 Å². The van der Waals surface area contributed by atoms with E-state index in [9.17, 15) is 14.4 Å². The van der Waals surface area contributed by atoms with Gasteiger partial charge in [-0.15, -0.1) is 71.8 Å². The zero-order chi connectivity index (χ0) is 32.3. The number of aliphatic hydroxyl groups excluding tert-OH is 1. The predicted molar refractivity (Wildman–Crippen MR) is 166 cm³/mol. The molecule has 0 atom stereocenters. The maximum absolute atomic E-state index is 10.3. The molecule has 0 spiro atoms. The Bertz CT molecular complexity index is 782. The number of hydrogen-bond acceptors (Lipinski definition) is 5. The van der Waals surface area contributed by atoms with E-state index in [4.69, 9.17) is 13.5 Å². The number of carboxylic acid groups (broad SMARTS) is 1. The van der Waals surface area contributed by atoms with E-state index in [0.717, 1.165) is 51.7 Å². The van der Waals surface area contributed by atoms with Crippen LogP contribution in [0.25, 0.3) is 0 Å². The summed E-state index contributed by atoms with van der Waals surface area (Å²) < 4.78 is 8.25. The van der Waals surface area contributed by atoms with Gasteiger partial charge in [0, 0.05) is 12.5 Å². The molecule has 2 aromatic rings. The summed E-state index contributed by atoms with van der Waals surface area (Å²) >= 11 is 0.750. The summed E-state index contributed by atoms with van der Waals surface area (Å²) in [5.74, 6) is 0.212. The molecule has 0 aliphatic carbocycles. The van der Waals surface area contributed by atoms with Crippen molar-refractivity contribution in [3.63, 3.8) is 0 Å². The number of rotatable bonds is 17. The third kappa shape index (κ3) is 42.2. The Hall–Kier alpha value is -2.28. The molecule has 6 nitrogen and oxygen atoms in total. The number of aliphatic hydroxyl groups is 1. The first-order chi connectivity index (χ1) is 20.2. The number of hydrogen-bond donors (Lipinski definition) is 2. The average molecular weight is 619 g/mol. The molecule has 0 aliphatic rings. The molecule has 0 fully saturated rings. The standard InChI is InChI=1S/C18H36O2.2C7H5O.C3H8O.O.Ti/c1-17(2)15-13-11-9-7-5-3-4-6-8-10-12-14-16-18(19)20;2*8-6-7-4-2-1-3-5-7;1-3(2)4;;/h17H,3-16H2,1-2H3,(H,19,20);2*1-4,6H;3-4H,1-2H3;;/q;2*-1;;;+2. The first kappa shape index (κ1) is 44.2. The topological polar surface area (TPSA) is 109 Å². The molecule has 42 heavy (non-hydrogen) atoms. The Morgan fingerprint density at radius 3 is 1.26 bits per heavy atom. The van der Waals surface area contributed by atoms with Crippen LogP contribution < -0.4 is 0 Å². The first-order valence-electron chi connectivity index (χ1n) is 15.2. The zero-order valence-electron chi connectivity index (χ0n) is 26.4. The molecule has 2 aromatic carbocycles. The Labute approximate surface area is 267 Å². The van der Waals surface area contributed by atoms with Gasteiger partial charge < -0.3 is 19.8 Å². The number of carbonyl (C=O) groups is 3. The summed E-state index contributed by atoms with van der Waals surface area (Å²) in [5, 5.41) is 16.6. The zero-order valence-corrected chi connectivity index (χ0v) is 27.9. The molecular weight excluding hydrogens is 564 g/mol. The van der Waals surface area contributed by atoms with Gasteiger partial charge in [0.2, 0.25) is 0 Å². The van der Waals surface area contributed by atoms with Crippen LogP contribution in [0.4, 0.5) is 0 Å². The van der Waals surface area contributed by atoms with Gasteiger partial charge in [0.25, 0.3) is 0 Å². The van der Waals surface area contributed by atoms with Crippen molar-refractivity contribution in [1.29, 1.82) is 0 Å². The van der Waals surface area contributed by atoms with Gasteiger partial charge >= 0.3 is 29.7 Å². The van der Waals surface area contributed by atoms with Crippen LogP contribution in [0.5, 0.6) is 0 Å². The van der Waals surface area contributed by atoms with Gasteiger partial charge in [-0.1, -0.05) is 90.9 Å². The van der Waals surface area contributed by atoms with Crippen molar-refractivity contribution in [2.75, 3.05) is 0 Å². The Morgan fingerprint density at radius 1 is 0.690 bits per heavy atom. The molecular formula is C35H54O6Ti. The quantitative estimate of drug-likeness (QED) is 0.0792. The van der Waals surface area contributed by atoms with E-state index in [1.165, 1.54) is 70.6 Å². The van der Waals surface area contributed by atoms with Gasteiger partial charge in [0.05, 0.1) is 12.6 Å².